The molecule has 0 fully saturated rings. The van der Waals surface area contributed by atoms with Gasteiger partial charge in [-0.2, -0.15) is 0 Å². The second-order valence-corrected chi connectivity index (χ2v) is 3.97. The summed E-state index contributed by atoms with van der Waals surface area (Å²) in [4.78, 5) is 0. The van der Waals surface area contributed by atoms with Gasteiger partial charge in [-0.15, -0.1) is 0 Å². The number of hydrogen-bond donors (Lipinski definition) is 2. The second kappa shape index (κ2) is 8.52. The fraction of sp³-hybridized carbons (Fsp3) is 1.00. The average Bonchev–Trinajstić information content (AvgIpc) is 2.04. The van der Waals surface area contributed by atoms with Crippen molar-refractivity contribution in [2.45, 2.75) is 65.6 Å². The van der Waals surface area contributed by atoms with Crippen molar-refractivity contribution in [2.24, 2.45) is 0 Å². The molecule has 1 atom stereocenters. The molecular weight excluding hydrogens is 160 g/mol. The summed E-state index contributed by atoms with van der Waals surface area (Å²) in [7, 11) is 0. The highest BCUT2D eigenvalue weighted by atomic mass is 15.1. The molecule has 0 aromatic heterocycles. The van der Waals surface area contributed by atoms with E-state index in [2.05, 4.69) is 38.3 Å². The van der Waals surface area contributed by atoms with Crippen molar-refractivity contribution in [3.05, 3.63) is 0 Å². The molecule has 0 aliphatic rings. The predicted molar refractivity (Wildman–Crippen MR) is 59.9 cm³/mol. The van der Waals surface area contributed by atoms with Crippen LogP contribution in [0.25, 0.3) is 0 Å². The lowest BCUT2D eigenvalue weighted by Crippen LogP contribution is -2.45. The van der Waals surface area contributed by atoms with Gasteiger partial charge in [-0.3, -0.25) is 5.32 Å². The summed E-state index contributed by atoms with van der Waals surface area (Å²) in [5, 5.41) is 7.07. The zero-order chi connectivity index (χ0) is 10.1. The Bertz CT molecular complexity index is 102. The molecule has 0 spiro atoms. The lowest BCUT2D eigenvalue weighted by atomic mass is 10.2. The molecule has 0 rings (SSSR count). The van der Waals surface area contributed by atoms with Crippen LogP contribution in [0.5, 0.6) is 0 Å². The molecule has 0 saturated carbocycles. The number of rotatable bonds is 8. The first kappa shape index (κ1) is 12.9. The maximum atomic E-state index is 3.54. The Morgan fingerprint density at radius 3 is 2.23 bits per heavy atom. The molecule has 0 amide bonds. The summed E-state index contributed by atoms with van der Waals surface area (Å²) < 4.78 is 0. The Kier molecular flexibility index (Phi) is 8.46. The lowest BCUT2D eigenvalue weighted by Gasteiger charge is -2.22. The summed E-state index contributed by atoms with van der Waals surface area (Å²) >= 11 is 0. The maximum absolute atomic E-state index is 3.54. The molecule has 0 heterocycles. The van der Waals surface area contributed by atoms with E-state index < -0.39 is 0 Å². The molecule has 80 valence electrons. The fourth-order valence-corrected chi connectivity index (χ4v) is 1.39. The fourth-order valence-electron chi connectivity index (χ4n) is 1.39. The topological polar surface area (TPSA) is 24.1 Å². The first-order valence-electron chi connectivity index (χ1n) is 5.70. The van der Waals surface area contributed by atoms with Crippen LogP contribution in [0.3, 0.4) is 0 Å². The minimum atomic E-state index is 0.511. The number of unbranched alkanes of at least 4 members (excludes halogenated alkanes) is 1. The van der Waals surface area contributed by atoms with Crippen LogP contribution in [0.1, 0.15) is 53.4 Å². The van der Waals surface area contributed by atoms with Gasteiger partial charge in [0.25, 0.3) is 0 Å². The molecule has 0 aliphatic carbocycles. The Morgan fingerprint density at radius 1 is 1.08 bits per heavy atom. The quantitative estimate of drug-likeness (QED) is 0.449. The van der Waals surface area contributed by atoms with Gasteiger partial charge in [0.05, 0.1) is 6.17 Å². The molecule has 2 N–H and O–H groups in total. The van der Waals surface area contributed by atoms with Gasteiger partial charge >= 0.3 is 0 Å². The van der Waals surface area contributed by atoms with Crippen molar-refractivity contribution >= 4 is 0 Å². The molecule has 2 nitrogen and oxygen atoms in total. The first-order chi connectivity index (χ1) is 6.20. The molecule has 0 bridgehead atoms. The Labute approximate surface area is 83.5 Å². The van der Waals surface area contributed by atoms with Crippen LogP contribution in [-0.2, 0) is 0 Å². The van der Waals surface area contributed by atoms with E-state index >= 15 is 0 Å². The van der Waals surface area contributed by atoms with Crippen molar-refractivity contribution < 1.29 is 0 Å². The summed E-state index contributed by atoms with van der Waals surface area (Å²) in [5.41, 5.74) is 0. The summed E-state index contributed by atoms with van der Waals surface area (Å²) in [6.07, 6.45) is 5.52. The van der Waals surface area contributed by atoms with Crippen LogP contribution in [0.15, 0.2) is 0 Å². The maximum Gasteiger partial charge on any atom is 0.0573 e. The SMILES string of the molecule is CCCCNC(CCC)NC(C)C. The van der Waals surface area contributed by atoms with Gasteiger partial charge in [0.2, 0.25) is 0 Å². The van der Waals surface area contributed by atoms with Gasteiger partial charge < -0.3 is 5.32 Å². The number of hydrogen-bond acceptors (Lipinski definition) is 2. The molecule has 0 saturated heterocycles. The zero-order valence-electron chi connectivity index (χ0n) is 9.69. The summed E-state index contributed by atoms with van der Waals surface area (Å²) in [6, 6.07) is 0.575. The van der Waals surface area contributed by atoms with Crippen molar-refractivity contribution in [3.63, 3.8) is 0 Å². The van der Waals surface area contributed by atoms with Crippen molar-refractivity contribution in [2.75, 3.05) is 6.54 Å². The third-order valence-electron chi connectivity index (χ3n) is 2.03. The van der Waals surface area contributed by atoms with E-state index in [-0.39, 0.29) is 0 Å². The monoisotopic (exact) mass is 186 g/mol. The predicted octanol–water partition coefficient (Wildman–Crippen LogP) is 2.50. The van der Waals surface area contributed by atoms with Gasteiger partial charge in [0.15, 0.2) is 0 Å². The van der Waals surface area contributed by atoms with Gasteiger partial charge in [0.1, 0.15) is 0 Å². The van der Waals surface area contributed by atoms with Crippen molar-refractivity contribution in [1.82, 2.24) is 10.6 Å². The molecule has 0 aromatic carbocycles. The first-order valence-corrected chi connectivity index (χ1v) is 5.70. The van der Waals surface area contributed by atoms with Gasteiger partial charge in [-0.25, -0.2) is 0 Å². The largest absolute Gasteiger partial charge is 0.302 e. The van der Waals surface area contributed by atoms with Crippen LogP contribution >= 0.6 is 0 Å². The van der Waals surface area contributed by atoms with E-state index in [1.54, 1.807) is 0 Å². The summed E-state index contributed by atoms with van der Waals surface area (Å²) in [6.45, 7) is 10.00. The van der Waals surface area contributed by atoms with Crippen molar-refractivity contribution in [1.29, 1.82) is 0 Å². The van der Waals surface area contributed by atoms with Gasteiger partial charge in [-0.05, 0) is 33.2 Å². The van der Waals surface area contributed by atoms with Crippen LogP contribution in [0.4, 0.5) is 0 Å². The van der Waals surface area contributed by atoms with Crippen LogP contribution in [0.2, 0.25) is 0 Å². The van der Waals surface area contributed by atoms with Crippen LogP contribution in [0, 0.1) is 0 Å². The minimum absolute atomic E-state index is 0.511. The smallest absolute Gasteiger partial charge is 0.0573 e. The van der Waals surface area contributed by atoms with E-state index in [1.165, 1.54) is 25.7 Å². The zero-order valence-corrected chi connectivity index (χ0v) is 9.69. The minimum Gasteiger partial charge on any atom is -0.302 e. The molecular formula is C11H26N2. The Morgan fingerprint density at radius 2 is 1.77 bits per heavy atom. The molecule has 1 unspecified atom stereocenters. The third kappa shape index (κ3) is 8.26. The normalized spacial score (nSPS) is 13.6. The van der Waals surface area contributed by atoms with E-state index in [4.69, 9.17) is 0 Å². The Balaban J connectivity index is 3.53. The van der Waals surface area contributed by atoms with Crippen LogP contribution < -0.4 is 10.6 Å². The third-order valence-corrected chi connectivity index (χ3v) is 2.03. The van der Waals surface area contributed by atoms with E-state index in [1.807, 2.05) is 0 Å². The highest BCUT2D eigenvalue weighted by Crippen LogP contribution is 1.95. The molecule has 2 heteroatoms. The molecule has 0 aromatic rings. The summed E-state index contributed by atoms with van der Waals surface area (Å²) in [5.74, 6) is 0. The average molecular weight is 186 g/mol. The highest BCUT2D eigenvalue weighted by molar-refractivity contribution is 4.66. The van der Waals surface area contributed by atoms with Gasteiger partial charge in [0, 0.05) is 6.04 Å². The van der Waals surface area contributed by atoms with Crippen molar-refractivity contribution in [3.8, 4) is 0 Å². The Hall–Kier alpha value is -0.0800. The standard InChI is InChI=1S/C11H26N2/c1-5-7-9-12-11(8-6-2)13-10(3)4/h10-13H,5-9H2,1-4H3. The van der Waals surface area contributed by atoms with E-state index in [0.717, 1.165) is 6.54 Å². The molecule has 13 heavy (non-hydrogen) atoms. The molecule has 0 aliphatic heterocycles. The van der Waals surface area contributed by atoms with E-state index in [0.29, 0.717) is 12.2 Å². The number of nitrogens with one attached hydrogen (secondary N) is 2. The van der Waals surface area contributed by atoms with E-state index in [9.17, 15) is 0 Å². The van der Waals surface area contributed by atoms with Gasteiger partial charge in [-0.1, -0.05) is 26.7 Å². The second-order valence-electron chi connectivity index (χ2n) is 3.97. The lowest BCUT2D eigenvalue weighted by molar-refractivity contribution is 0.367. The molecule has 0 radical (unpaired) electrons. The van der Waals surface area contributed by atoms with Crippen LogP contribution in [-0.4, -0.2) is 18.8 Å². The highest BCUT2D eigenvalue weighted by Gasteiger charge is 2.06.